The number of ether oxygens (including phenoxy) is 2. The topological polar surface area (TPSA) is 59.6 Å². The summed E-state index contributed by atoms with van der Waals surface area (Å²) in [5.41, 5.74) is 0. The van der Waals surface area contributed by atoms with Crippen LogP contribution in [0.2, 0.25) is 0 Å². The summed E-state index contributed by atoms with van der Waals surface area (Å²) in [6.07, 6.45) is 11.5. The summed E-state index contributed by atoms with van der Waals surface area (Å²) in [5, 5.41) is 6.28. The number of rotatable bonds is 4. The van der Waals surface area contributed by atoms with E-state index >= 15 is 0 Å². The number of carbonyl (C=O) groups is 1. The van der Waals surface area contributed by atoms with Crippen molar-refractivity contribution in [2.75, 3.05) is 14.2 Å². The first kappa shape index (κ1) is 17.5. The van der Waals surface area contributed by atoms with E-state index in [0.29, 0.717) is 0 Å². The molecule has 5 nitrogen and oxygen atoms in total. The predicted molar refractivity (Wildman–Crippen MR) is 87.0 cm³/mol. The second kappa shape index (κ2) is 9.36. The fraction of sp³-hybridized carbons (Fsp3) is 0.941. The highest BCUT2D eigenvalue weighted by atomic mass is 16.5. The van der Waals surface area contributed by atoms with Crippen molar-refractivity contribution in [2.45, 2.75) is 88.5 Å². The molecule has 2 fully saturated rings. The molecule has 0 aromatic rings. The van der Waals surface area contributed by atoms with Gasteiger partial charge < -0.3 is 20.1 Å². The van der Waals surface area contributed by atoms with Gasteiger partial charge in [-0.05, 0) is 25.7 Å². The Bertz CT molecular complexity index is 308. The van der Waals surface area contributed by atoms with Crippen LogP contribution in [-0.2, 0) is 9.47 Å². The van der Waals surface area contributed by atoms with Crippen LogP contribution in [-0.4, -0.2) is 44.5 Å². The van der Waals surface area contributed by atoms with Gasteiger partial charge in [-0.25, -0.2) is 4.79 Å². The Morgan fingerprint density at radius 1 is 0.727 bits per heavy atom. The van der Waals surface area contributed by atoms with E-state index in [2.05, 4.69) is 10.6 Å². The van der Waals surface area contributed by atoms with Crippen LogP contribution < -0.4 is 10.6 Å². The molecule has 0 unspecified atom stereocenters. The molecule has 2 amide bonds. The van der Waals surface area contributed by atoms with E-state index in [1.807, 2.05) is 0 Å². The third-order valence-corrected chi connectivity index (χ3v) is 5.14. The van der Waals surface area contributed by atoms with Gasteiger partial charge in [0.25, 0.3) is 0 Å². The van der Waals surface area contributed by atoms with Gasteiger partial charge in [0.1, 0.15) is 0 Å². The number of hydrogen-bond donors (Lipinski definition) is 2. The zero-order chi connectivity index (χ0) is 15.8. The molecular weight excluding hydrogens is 280 g/mol. The first-order valence-electron chi connectivity index (χ1n) is 8.87. The smallest absolute Gasteiger partial charge is 0.315 e. The second-order valence-corrected chi connectivity index (χ2v) is 6.66. The molecule has 22 heavy (non-hydrogen) atoms. The number of amides is 2. The zero-order valence-corrected chi connectivity index (χ0v) is 14.1. The quantitative estimate of drug-likeness (QED) is 0.785. The van der Waals surface area contributed by atoms with Crippen molar-refractivity contribution < 1.29 is 14.3 Å². The fourth-order valence-corrected chi connectivity index (χ4v) is 3.82. The lowest BCUT2D eigenvalue weighted by atomic mass is 10.1. The van der Waals surface area contributed by atoms with Crippen LogP contribution >= 0.6 is 0 Å². The van der Waals surface area contributed by atoms with Gasteiger partial charge in [-0.2, -0.15) is 0 Å². The molecule has 2 N–H and O–H groups in total. The number of nitrogens with one attached hydrogen (secondary N) is 2. The summed E-state index contributed by atoms with van der Waals surface area (Å²) >= 11 is 0. The van der Waals surface area contributed by atoms with E-state index in [4.69, 9.17) is 9.47 Å². The van der Waals surface area contributed by atoms with E-state index in [1.54, 1.807) is 14.2 Å². The van der Waals surface area contributed by atoms with Gasteiger partial charge in [-0.3, -0.25) is 0 Å². The maximum Gasteiger partial charge on any atom is 0.315 e. The minimum Gasteiger partial charge on any atom is -0.379 e. The number of methoxy groups -OCH3 is 2. The third kappa shape index (κ3) is 5.13. The first-order valence-corrected chi connectivity index (χ1v) is 8.87. The molecule has 2 saturated carbocycles. The molecule has 0 aliphatic heterocycles. The lowest BCUT2D eigenvalue weighted by molar-refractivity contribution is 0.0589. The largest absolute Gasteiger partial charge is 0.379 e. The average Bonchev–Trinajstić information content (AvgIpc) is 2.87. The predicted octanol–water partition coefficient (Wildman–Crippen LogP) is 2.98. The van der Waals surface area contributed by atoms with E-state index in [9.17, 15) is 4.79 Å². The zero-order valence-electron chi connectivity index (χ0n) is 14.1. The molecule has 0 heterocycles. The third-order valence-electron chi connectivity index (χ3n) is 5.14. The molecule has 0 spiro atoms. The summed E-state index contributed by atoms with van der Waals surface area (Å²) in [7, 11) is 3.49. The lowest BCUT2D eigenvalue weighted by Gasteiger charge is -2.28. The Kier molecular flexibility index (Phi) is 7.46. The van der Waals surface area contributed by atoms with Gasteiger partial charge in [0.2, 0.25) is 0 Å². The van der Waals surface area contributed by atoms with Crippen molar-refractivity contribution in [2.24, 2.45) is 0 Å². The second-order valence-electron chi connectivity index (χ2n) is 6.66. The summed E-state index contributed by atoms with van der Waals surface area (Å²) in [6.45, 7) is 0. The summed E-state index contributed by atoms with van der Waals surface area (Å²) in [4.78, 5) is 12.4. The van der Waals surface area contributed by atoms with Gasteiger partial charge in [-0.1, -0.05) is 38.5 Å². The van der Waals surface area contributed by atoms with Crippen LogP contribution in [0.3, 0.4) is 0 Å². The molecule has 0 radical (unpaired) electrons. The van der Waals surface area contributed by atoms with E-state index < -0.39 is 0 Å². The molecule has 0 saturated heterocycles. The first-order chi connectivity index (χ1) is 10.7. The molecular formula is C17H32N2O3. The SMILES string of the molecule is CO[C@H]1CCCCC[C@@H]1NC(=O)N[C@H]1CCCCC[C@H]1OC. The van der Waals surface area contributed by atoms with E-state index in [1.165, 1.54) is 25.7 Å². The van der Waals surface area contributed by atoms with Gasteiger partial charge in [-0.15, -0.1) is 0 Å². The minimum atomic E-state index is -0.0668. The molecule has 5 heteroatoms. The van der Waals surface area contributed by atoms with E-state index in [-0.39, 0.29) is 30.3 Å². The maximum atomic E-state index is 12.4. The Balaban J connectivity index is 1.87. The van der Waals surface area contributed by atoms with Gasteiger partial charge in [0.15, 0.2) is 0 Å². The molecule has 0 bridgehead atoms. The number of urea groups is 1. The van der Waals surface area contributed by atoms with Crippen LogP contribution in [0.15, 0.2) is 0 Å². The Labute approximate surface area is 134 Å². The summed E-state index contributed by atoms with van der Waals surface area (Å²) in [5.74, 6) is 0. The number of carbonyl (C=O) groups excluding carboxylic acids is 1. The van der Waals surface area contributed by atoms with Crippen molar-refractivity contribution in [1.82, 2.24) is 10.6 Å². The summed E-state index contributed by atoms with van der Waals surface area (Å²) < 4.78 is 11.1. The molecule has 2 aliphatic rings. The molecule has 128 valence electrons. The van der Waals surface area contributed by atoms with Crippen molar-refractivity contribution in [3.63, 3.8) is 0 Å². The van der Waals surface area contributed by atoms with Crippen molar-refractivity contribution in [1.29, 1.82) is 0 Å². The highest BCUT2D eigenvalue weighted by Gasteiger charge is 2.28. The molecule has 4 atom stereocenters. The normalized spacial score (nSPS) is 33.5. The average molecular weight is 312 g/mol. The monoisotopic (exact) mass is 312 g/mol. The van der Waals surface area contributed by atoms with Crippen molar-refractivity contribution >= 4 is 6.03 Å². The van der Waals surface area contributed by atoms with Crippen LogP contribution in [0.25, 0.3) is 0 Å². The van der Waals surface area contributed by atoms with Crippen LogP contribution in [0.1, 0.15) is 64.2 Å². The molecule has 0 aromatic heterocycles. The van der Waals surface area contributed by atoms with Crippen LogP contribution in [0.4, 0.5) is 4.79 Å². The summed E-state index contributed by atoms with van der Waals surface area (Å²) in [6, 6.07) is 0.182. The van der Waals surface area contributed by atoms with Gasteiger partial charge >= 0.3 is 6.03 Å². The van der Waals surface area contributed by atoms with Crippen LogP contribution in [0, 0.1) is 0 Å². The lowest BCUT2D eigenvalue weighted by Crippen LogP contribution is -2.53. The van der Waals surface area contributed by atoms with Gasteiger partial charge in [0.05, 0.1) is 24.3 Å². The standard InChI is InChI=1S/C17H32N2O3/c1-21-15-11-7-3-5-9-13(15)18-17(20)19-14-10-6-4-8-12-16(14)22-2/h13-16H,3-12H2,1-2H3,(H2,18,19,20)/t13-,14-,15-,16+/m0/s1. The highest BCUT2D eigenvalue weighted by Crippen LogP contribution is 2.22. The van der Waals surface area contributed by atoms with E-state index in [0.717, 1.165) is 38.5 Å². The maximum absolute atomic E-state index is 12.4. The van der Waals surface area contributed by atoms with Gasteiger partial charge in [0, 0.05) is 14.2 Å². The minimum absolute atomic E-state index is 0.0668. The number of hydrogen-bond acceptors (Lipinski definition) is 3. The molecule has 2 aliphatic carbocycles. The van der Waals surface area contributed by atoms with Crippen molar-refractivity contribution in [3.05, 3.63) is 0 Å². The Hall–Kier alpha value is -0.810. The Morgan fingerprint density at radius 3 is 1.55 bits per heavy atom. The molecule has 0 aromatic carbocycles. The Morgan fingerprint density at radius 2 is 1.14 bits per heavy atom. The fourth-order valence-electron chi connectivity index (χ4n) is 3.82. The molecule has 2 rings (SSSR count). The van der Waals surface area contributed by atoms with Crippen molar-refractivity contribution in [3.8, 4) is 0 Å². The highest BCUT2D eigenvalue weighted by molar-refractivity contribution is 5.74. The van der Waals surface area contributed by atoms with Crippen LogP contribution in [0.5, 0.6) is 0 Å².